The molecule has 3 N–H and O–H groups in total. The Balaban J connectivity index is 1.10. The van der Waals surface area contributed by atoms with Crippen LogP contribution in [0.15, 0.2) is 96.1 Å². The summed E-state index contributed by atoms with van der Waals surface area (Å²) in [7, 11) is 0. The number of carbonyl (C=O) groups is 1. The van der Waals surface area contributed by atoms with Crippen LogP contribution < -0.4 is 15.8 Å². The van der Waals surface area contributed by atoms with E-state index in [1.165, 1.54) is 5.56 Å². The maximum atomic E-state index is 12.7. The van der Waals surface area contributed by atoms with Gasteiger partial charge in [-0.25, -0.2) is 9.78 Å². The van der Waals surface area contributed by atoms with Gasteiger partial charge < -0.3 is 15.0 Å². The SMILES string of the molecule is CC(Nc1nccc([N+]2(N)C=Nc3cc(CC4CCCN(C(=O)OCc5ccccc5)C4)ccc32)n1)c1ccccc1. The number of fused-ring (bicyclic) bond motifs is 1. The zero-order chi connectivity index (χ0) is 28.9. The van der Waals surface area contributed by atoms with E-state index in [0.717, 1.165) is 48.3 Å². The number of piperidine rings is 1. The van der Waals surface area contributed by atoms with E-state index in [1.54, 1.807) is 12.5 Å². The number of aromatic nitrogens is 2. The number of amides is 1. The van der Waals surface area contributed by atoms with Gasteiger partial charge in [0.25, 0.3) is 5.82 Å². The molecule has 214 valence electrons. The summed E-state index contributed by atoms with van der Waals surface area (Å²) in [4.78, 5) is 28.4. The number of rotatable bonds is 8. The first-order valence-corrected chi connectivity index (χ1v) is 14.4. The van der Waals surface area contributed by atoms with Gasteiger partial charge in [0.1, 0.15) is 12.3 Å². The Labute approximate surface area is 246 Å². The minimum absolute atomic E-state index is 0.0381. The molecule has 9 heteroatoms. The Morgan fingerprint density at radius 2 is 1.86 bits per heavy atom. The van der Waals surface area contributed by atoms with Crippen LogP contribution >= 0.6 is 0 Å². The van der Waals surface area contributed by atoms with Gasteiger partial charge in [0.2, 0.25) is 12.3 Å². The summed E-state index contributed by atoms with van der Waals surface area (Å²) in [5.41, 5.74) is 4.99. The third-order valence-electron chi connectivity index (χ3n) is 7.99. The van der Waals surface area contributed by atoms with E-state index >= 15 is 0 Å². The van der Waals surface area contributed by atoms with Gasteiger partial charge in [-0.2, -0.15) is 15.8 Å². The highest BCUT2D eigenvalue weighted by Crippen LogP contribution is 2.41. The first-order valence-electron chi connectivity index (χ1n) is 14.4. The average Bonchev–Trinajstić information content (AvgIpc) is 3.37. The van der Waals surface area contributed by atoms with Crippen molar-refractivity contribution in [3.8, 4) is 0 Å². The maximum absolute atomic E-state index is 12.7. The zero-order valence-electron chi connectivity index (χ0n) is 23.8. The lowest BCUT2D eigenvalue weighted by Crippen LogP contribution is -2.49. The molecule has 9 nitrogen and oxygen atoms in total. The molecular weight excluding hydrogens is 526 g/mol. The van der Waals surface area contributed by atoms with E-state index < -0.39 is 0 Å². The quantitative estimate of drug-likeness (QED) is 0.189. The average molecular weight is 563 g/mol. The van der Waals surface area contributed by atoms with Gasteiger partial charge in [0, 0.05) is 31.4 Å². The summed E-state index contributed by atoms with van der Waals surface area (Å²) < 4.78 is 5.45. The van der Waals surface area contributed by atoms with Gasteiger partial charge >= 0.3 is 6.09 Å². The van der Waals surface area contributed by atoms with Crippen LogP contribution in [0.2, 0.25) is 0 Å². The van der Waals surface area contributed by atoms with Gasteiger partial charge in [-0.1, -0.05) is 66.7 Å². The third kappa shape index (κ3) is 6.02. The van der Waals surface area contributed by atoms with E-state index in [9.17, 15) is 4.79 Å². The second kappa shape index (κ2) is 12.1. The lowest BCUT2D eigenvalue weighted by atomic mass is 9.91. The highest BCUT2D eigenvalue weighted by atomic mass is 16.6. The zero-order valence-corrected chi connectivity index (χ0v) is 23.8. The molecule has 1 aromatic heterocycles. The predicted octanol–water partition coefficient (Wildman–Crippen LogP) is 6.43. The molecule has 0 bridgehead atoms. The number of hydrogen-bond donors (Lipinski definition) is 2. The number of aliphatic imine (C=N–C) groups is 1. The van der Waals surface area contributed by atoms with Crippen molar-refractivity contribution in [2.24, 2.45) is 16.8 Å². The summed E-state index contributed by atoms with van der Waals surface area (Å²) in [6, 6.07) is 28.1. The van der Waals surface area contributed by atoms with Crippen molar-refractivity contribution >= 4 is 35.6 Å². The molecule has 3 unspecified atom stereocenters. The molecule has 0 spiro atoms. The highest BCUT2D eigenvalue weighted by molar-refractivity contribution is 5.93. The number of quaternary nitrogens is 1. The van der Waals surface area contributed by atoms with E-state index in [2.05, 4.69) is 46.5 Å². The van der Waals surface area contributed by atoms with Crippen LogP contribution in [0.4, 0.5) is 27.9 Å². The maximum Gasteiger partial charge on any atom is 0.410 e. The van der Waals surface area contributed by atoms with Crippen molar-refractivity contribution in [3.05, 3.63) is 108 Å². The Morgan fingerprint density at radius 3 is 2.67 bits per heavy atom. The molecule has 2 aliphatic rings. The molecule has 1 amide bonds. The Morgan fingerprint density at radius 1 is 1.07 bits per heavy atom. The van der Waals surface area contributed by atoms with Crippen molar-refractivity contribution in [3.63, 3.8) is 0 Å². The van der Waals surface area contributed by atoms with Crippen LogP contribution in [-0.2, 0) is 17.8 Å². The number of nitrogens with two attached hydrogens (primary N) is 1. The normalized spacial score (nSPS) is 20.1. The van der Waals surface area contributed by atoms with Crippen LogP contribution in [0, 0.1) is 5.92 Å². The van der Waals surface area contributed by atoms with Gasteiger partial charge in [-0.05, 0) is 54.9 Å². The summed E-state index contributed by atoms with van der Waals surface area (Å²) in [6.45, 7) is 3.78. The Bertz CT molecular complexity index is 1560. The molecule has 0 saturated carbocycles. The highest BCUT2D eigenvalue weighted by Gasteiger charge is 2.38. The van der Waals surface area contributed by atoms with Crippen LogP contribution in [0.3, 0.4) is 0 Å². The first-order chi connectivity index (χ1) is 20.5. The second-order valence-electron chi connectivity index (χ2n) is 11.1. The van der Waals surface area contributed by atoms with Gasteiger partial charge in [-0.3, -0.25) is 0 Å². The fraction of sp³-hybridized carbons (Fsp3) is 0.273. The number of anilines is 1. The minimum Gasteiger partial charge on any atom is -0.445 e. The predicted molar refractivity (Wildman–Crippen MR) is 165 cm³/mol. The lowest BCUT2D eigenvalue weighted by Gasteiger charge is -2.32. The van der Waals surface area contributed by atoms with Crippen LogP contribution in [0.25, 0.3) is 0 Å². The second-order valence-corrected chi connectivity index (χ2v) is 11.1. The summed E-state index contributed by atoms with van der Waals surface area (Å²) in [6.07, 6.45) is 6.07. The smallest absolute Gasteiger partial charge is 0.410 e. The largest absolute Gasteiger partial charge is 0.445 e. The minimum atomic E-state index is -0.246. The van der Waals surface area contributed by atoms with E-state index in [4.69, 9.17) is 15.6 Å². The van der Waals surface area contributed by atoms with Crippen molar-refractivity contribution < 1.29 is 9.53 Å². The third-order valence-corrected chi connectivity index (χ3v) is 7.99. The summed E-state index contributed by atoms with van der Waals surface area (Å²) in [5.74, 6) is 8.36. The fourth-order valence-electron chi connectivity index (χ4n) is 5.70. The Kier molecular flexibility index (Phi) is 7.94. The number of benzene rings is 3. The molecule has 3 atom stereocenters. The van der Waals surface area contributed by atoms with Crippen molar-refractivity contribution in [1.29, 1.82) is 0 Å². The molecule has 1 saturated heterocycles. The molecule has 3 aromatic carbocycles. The molecule has 0 aliphatic carbocycles. The van der Waals surface area contributed by atoms with Gasteiger partial charge in [0.15, 0.2) is 5.69 Å². The fourth-order valence-corrected chi connectivity index (χ4v) is 5.70. The number of carbonyl (C=O) groups excluding carboxylic acids is 1. The molecule has 4 aromatic rings. The van der Waals surface area contributed by atoms with Crippen LogP contribution in [0.1, 0.15) is 42.5 Å². The number of likely N-dealkylation sites (tertiary alicyclic amines) is 1. The van der Waals surface area contributed by atoms with Crippen molar-refractivity contribution in [2.75, 3.05) is 18.4 Å². The number of nitrogens with zero attached hydrogens (tertiary/aromatic N) is 5. The molecule has 42 heavy (non-hydrogen) atoms. The molecule has 3 heterocycles. The summed E-state index contributed by atoms with van der Waals surface area (Å²) in [5, 5.41) is 3.38. The lowest BCUT2D eigenvalue weighted by molar-refractivity contribution is 0.0790. The number of hydrogen-bond acceptors (Lipinski definition) is 7. The monoisotopic (exact) mass is 562 g/mol. The van der Waals surface area contributed by atoms with E-state index in [-0.39, 0.29) is 16.7 Å². The molecule has 0 radical (unpaired) electrons. The van der Waals surface area contributed by atoms with Crippen LogP contribution in [0.5, 0.6) is 0 Å². The van der Waals surface area contributed by atoms with Crippen molar-refractivity contribution in [2.45, 2.75) is 38.8 Å². The standard InChI is InChI=1S/C33H36N7O2/c1-24(28-12-6-3-7-13-28)37-32-35-17-16-31(38-32)40(34)23-36-29-20-26(14-15-30(29)40)19-27-11-8-18-39(21-27)33(41)42-22-25-9-4-2-5-10-25/h2-7,9-10,12-17,20,23-24,27H,8,11,18-19,21-22,34H2,1H3,(H,35,37,38)/q+1. The topological polar surface area (TPSA) is 106 Å². The molecule has 1 fully saturated rings. The first kappa shape index (κ1) is 27.6. The number of nitrogens with one attached hydrogen (secondary N) is 1. The summed E-state index contributed by atoms with van der Waals surface area (Å²) >= 11 is 0. The van der Waals surface area contributed by atoms with Gasteiger partial charge in [0.05, 0.1) is 6.04 Å². The number of ether oxygens (including phenoxy) is 1. The van der Waals surface area contributed by atoms with Crippen LogP contribution in [-0.4, -0.2) is 40.4 Å². The molecule has 6 rings (SSSR count). The van der Waals surface area contributed by atoms with E-state index in [1.807, 2.05) is 65.6 Å². The van der Waals surface area contributed by atoms with Gasteiger partial charge in [-0.15, -0.1) is 4.59 Å². The molecule has 2 aliphatic heterocycles. The molecular formula is C33H36N7O2+. The van der Waals surface area contributed by atoms with E-state index in [0.29, 0.717) is 30.8 Å². The Hall–Kier alpha value is -4.60. The van der Waals surface area contributed by atoms with Crippen molar-refractivity contribution in [1.82, 2.24) is 19.5 Å².